The zero-order valence-corrected chi connectivity index (χ0v) is 14.3. The number of anilines is 1. The molecule has 130 valence electrons. The average Bonchev–Trinajstić information content (AvgIpc) is 3.19. The summed E-state index contributed by atoms with van der Waals surface area (Å²) in [6, 6.07) is 9.52. The van der Waals surface area contributed by atoms with E-state index in [-0.39, 0.29) is 5.91 Å². The van der Waals surface area contributed by atoms with Gasteiger partial charge in [0, 0.05) is 38.3 Å². The zero-order chi connectivity index (χ0) is 16.8. The highest BCUT2D eigenvalue weighted by Crippen LogP contribution is 2.36. The van der Waals surface area contributed by atoms with E-state index < -0.39 is 0 Å². The zero-order valence-electron chi connectivity index (χ0n) is 14.3. The van der Waals surface area contributed by atoms with Gasteiger partial charge in [-0.05, 0) is 42.7 Å². The summed E-state index contributed by atoms with van der Waals surface area (Å²) in [6.07, 6.45) is 3.75. The van der Waals surface area contributed by atoms with Crippen molar-refractivity contribution in [1.29, 1.82) is 0 Å². The standard InChI is InChI=1S/C19H23N5O/c25-19(20-16-4-2-1-3-5-16)18-22-21-17-8-14-10-23(9-13-6-7-13)11-15(14)12-24(17)18/h1-5,13-15H,6-12H2,(H,20,25). The number of benzene rings is 1. The van der Waals surface area contributed by atoms with Crippen molar-refractivity contribution in [1.82, 2.24) is 19.7 Å². The van der Waals surface area contributed by atoms with Gasteiger partial charge in [-0.15, -0.1) is 10.2 Å². The molecule has 1 aromatic heterocycles. The molecule has 2 unspecified atom stereocenters. The van der Waals surface area contributed by atoms with Gasteiger partial charge in [-0.2, -0.15) is 0 Å². The van der Waals surface area contributed by atoms with E-state index in [1.165, 1.54) is 25.9 Å². The second-order valence-corrected chi connectivity index (χ2v) is 7.76. The first-order valence-corrected chi connectivity index (χ1v) is 9.27. The Balaban J connectivity index is 1.31. The predicted octanol–water partition coefficient (Wildman–Crippen LogP) is 2.04. The number of hydrogen-bond donors (Lipinski definition) is 1. The molecule has 5 rings (SSSR count). The molecule has 0 spiro atoms. The molecule has 2 aliphatic heterocycles. The molecular weight excluding hydrogens is 314 g/mol. The number of aromatic nitrogens is 3. The number of rotatable bonds is 4. The number of nitrogens with one attached hydrogen (secondary N) is 1. The van der Waals surface area contributed by atoms with Gasteiger partial charge in [-0.1, -0.05) is 18.2 Å². The first kappa shape index (κ1) is 15.1. The van der Waals surface area contributed by atoms with Crippen LogP contribution in [0.25, 0.3) is 0 Å². The van der Waals surface area contributed by atoms with Gasteiger partial charge in [0.2, 0.25) is 5.82 Å². The topological polar surface area (TPSA) is 63.1 Å². The molecule has 1 amide bonds. The van der Waals surface area contributed by atoms with Crippen LogP contribution in [0.2, 0.25) is 0 Å². The number of para-hydroxylation sites is 1. The van der Waals surface area contributed by atoms with Gasteiger partial charge in [0.05, 0.1) is 0 Å². The van der Waals surface area contributed by atoms with Crippen molar-refractivity contribution in [3.8, 4) is 0 Å². The normalized spacial score (nSPS) is 25.4. The number of carbonyl (C=O) groups is 1. The smallest absolute Gasteiger partial charge is 0.293 e. The lowest BCUT2D eigenvalue weighted by Crippen LogP contribution is -2.31. The fourth-order valence-corrected chi connectivity index (χ4v) is 4.31. The number of carbonyl (C=O) groups excluding carboxylic acids is 1. The van der Waals surface area contributed by atoms with Crippen LogP contribution in [0.3, 0.4) is 0 Å². The molecule has 1 aliphatic carbocycles. The van der Waals surface area contributed by atoms with Gasteiger partial charge in [0.15, 0.2) is 0 Å². The van der Waals surface area contributed by atoms with Crippen molar-refractivity contribution in [3.63, 3.8) is 0 Å². The summed E-state index contributed by atoms with van der Waals surface area (Å²) in [5.74, 6) is 3.46. The average molecular weight is 337 g/mol. The number of nitrogens with zero attached hydrogens (tertiary/aromatic N) is 4. The highest BCUT2D eigenvalue weighted by Gasteiger charge is 2.40. The van der Waals surface area contributed by atoms with Crippen molar-refractivity contribution in [2.24, 2.45) is 17.8 Å². The largest absolute Gasteiger partial charge is 0.319 e. The minimum absolute atomic E-state index is 0.170. The molecule has 1 aromatic carbocycles. The molecule has 3 heterocycles. The van der Waals surface area contributed by atoms with E-state index in [0.717, 1.165) is 36.9 Å². The summed E-state index contributed by atoms with van der Waals surface area (Å²) in [5, 5.41) is 11.4. The molecule has 1 N–H and O–H groups in total. The van der Waals surface area contributed by atoms with E-state index in [4.69, 9.17) is 0 Å². The Hall–Kier alpha value is -2.21. The molecule has 0 bridgehead atoms. The quantitative estimate of drug-likeness (QED) is 0.927. The highest BCUT2D eigenvalue weighted by atomic mass is 16.2. The van der Waals surface area contributed by atoms with Crippen molar-refractivity contribution < 1.29 is 4.79 Å². The lowest BCUT2D eigenvalue weighted by atomic mass is 9.89. The summed E-state index contributed by atoms with van der Waals surface area (Å²) >= 11 is 0. The Labute approximate surface area is 147 Å². The van der Waals surface area contributed by atoms with Crippen LogP contribution in [0, 0.1) is 17.8 Å². The maximum Gasteiger partial charge on any atom is 0.293 e. The van der Waals surface area contributed by atoms with E-state index in [1.807, 2.05) is 34.9 Å². The Morgan fingerprint density at radius 1 is 1.08 bits per heavy atom. The Bertz CT molecular complexity index is 782. The van der Waals surface area contributed by atoms with Crippen molar-refractivity contribution >= 4 is 11.6 Å². The number of likely N-dealkylation sites (tertiary alicyclic amines) is 1. The molecule has 3 aliphatic rings. The van der Waals surface area contributed by atoms with E-state index >= 15 is 0 Å². The SMILES string of the molecule is O=C(Nc1ccccc1)c1nnc2n1CC1CN(CC3CC3)CC1C2. The fraction of sp³-hybridized carbons (Fsp3) is 0.526. The van der Waals surface area contributed by atoms with Gasteiger partial charge in [0.1, 0.15) is 5.82 Å². The fourth-order valence-electron chi connectivity index (χ4n) is 4.31. The van der Waals surface area contributed by atoms with Crippen LogP contribution >= 0.6 is 0 Å². The summed E-state index contributed by atoms with van der Waals surface area (Å²) in [6.45, 7) is 4.46. The molecule has 1 saturated carbocycles. The van der Waals surface area contributed by atoms with Crippen molar-refractivity contribution in [2.75, 3.05) is 25.0 Å². The van der Waals surface area contributed by atoms with Crippen LogP contribution in [0.15, 0.2) is 30.3 Å². The van der Waals surface area contributed by atoms with Gasteiger partial charge >= 0.3 is 0 Å². The molecule has 25 heavy (non-hydrogen) atoms. The number of fused-ring (bicyclic) bond motifs is 2. The maximum absolute atomic E-state index is 12.6. The number of hydrogen-bond acceptors (Lipinski definition) is 4. The Kier molecular flexibility index (Phi) is 3.59. The molecule has 2 fully saturated rings. The second kappa shape index (κ2) is 5.95. The van der Waals surface area contributed by atoms with Crippen LogP contribution in [0.4, 0.5) is 5.69 Å². The molecule has 2 atom stereocenters. The van der Waals surface area contributed by atoms with Crippen LogP contribution in [0.5, 0.6) is 0 Å². The highest BCUT2D eigenvalue weighted by molar-refractivity contribution is 6.01. The monoisotopic (exact) mass is 337 g/mol. The first-order valence-electron chi connectivity index (χ1n) is 9.27. The summed E-state index contributed by atoms with van der Waals surface area (Å²) in [5.41, 5.74) is 0.787. The van der Waals surface area contributed by atoms with Gasteiger partial charge in [-0.3, -0.25) is 4.79 Å². The molecule has 6 heteroatoms. The second-order valence-electron chi connectivity index (χ2n) is 7.76. The van der Waals surface area contributed by atoms with Gasteiger partial charge < -0.3 is 14.8 Å². The Morgan fingerprint density at radius 3 is 2.68 bits per heavy atom. The van der Waals surface area contributed by atoms with E-state index in [2.05, 4.69) is 20.4 Å². The van der Waals surface area contributed by atoms with Gasteiger partial charge in [-0.25, -0.2) is 0 Å². The van der Waals surface area contributed by atoms with Crippen molar-refractivity contribution in [3.05, 3.63) is 42.0 Å². The lowest BCUT2D eigenvalue weighted by Gasteiger charge is -2.25. The third-order valence-corrected chi connectivity index (χ3v) is 5.79. The van der Waals surface area contributed by atoms with Gasteiger partial charge in [0.25, 0.3) is 5.91 Å². The molecule has 6 nitrogen and oxygen atoms in total. The van der Waals surface area contributed by atoms with E-state index in [1.54, 1.807) is 0 Å². The number of amides is 1. The van der Waals surface area contributed by atoms with E-state index in [0.29, 0.717) is 17.7 Å². The summed E-state index contributed by atoms with van der Waals surface area (Å²) < 4.78 is 2.04. The van der Waals surface area contributed by atoms with Crippen LogP contribution in [-0.2, 0) is 13.0 Å². The molecular formula is C19H23N5O. The Morgan fingerprint density at radius 2 is 1.88 bits per heavy atom. The molecule has 2 aromatic rings. The summed E-state index contributed by atoms with van der Waals surface area (Å²) in [4.78, 5) is 15.2. The van der Waals surface area contributed by atoms with Crippen LogP contribution in [0.1, 0.15) is 29.3 Å². The van der Waals surface area contributed by atoms with E-state index in [9.17, 15) is 4.79 Å². The van der Waals surface area contributed by atoms with Crippen LogP contribution in [-0.4, -0.2) is 45.2 Å². The minimum Gasteiger partial charge on any atom is -0.319 e. The first-order chi connectivity index (χ1) is 12.3. The lowest BCUT2D eigenvalue weighted by molar-refractivity contribution is 0.100. The molecule has 0 radical (unpaired) electrons. The minimum atomic E-state index is -0.170. The molecule has 1 saturated heterocycles. The third-order valence-electron chi connectivity index (χ3n) is 5.79. The third kappa shape index (κ3) is 2.95. The predicted molar refractivity (Wildman–Crippen MR) is 94.3 cm³/mol. The van der Waals surface area contributed by atoms with Crippen molar-refractivity contribution in [2.45, 2.75) is 25.8 Å². The van der Waals surface area contributed by atoms with Crippen LogP contribution < -0.4 is 5.32 Å². The maximum atomic E-state index is 12.6. The summed E-state index contributed by atoms with van der Waals surface area (Å²) in [7, 11) is 0.